The van der Waals surface area contributed by atoms with Crippen LogP contribution in [0.4, 0.5) is 5.95 Å². The summed E-state index contributed by atoms with van der Waals surface area (Å²) >= 11 is 0. The van der Waals surface area contributed by atoms with E-state index in [0.29, 0.717) is 18.4 Å². The lowest BCUT2D eigenvalue weighted by Gasteiger charge is -2.41. The molecule has 0 saturated heterocycles. The third-order valence-electron chi connectivity index (χ3n) is 3.12. The maximum atomic E-state index is 5.78. The number of nitrogens with two attached hydrogens (primary N) is 1. The first-order chi connectivity index (χ1) is 7.67. The van der Waals surface area contributed by atoms with Gasteiger partial charge in [0.1, 0.15) is 0 Å². The van der Waals surface area contributed by atoms with E-state index in [9.17, 15) is 0 Å². The van der Waals surface area contributed by atoms with Gasteiger partial charge in [-0.05, 0) is 26.2 Å². The Morgan fingerprint density at radius 3 is 2.75 bits per heavy atom. The molecule has 1 heterocycles. The van der Waals surface area contributed by atoms with Gasteiger partial charge in [0.2, 0.25) is 11.8 Å². The van der Waals surface area contributed by atoms with Crippen LogP contribution in [-0.2, 0) is 0 Å². The highest BCUT2D eigenvalue weighted by atomic mass is 16.5. The van der Waals surface area contributed by atoms with Gasteiger partial charge in [0, 0.05) is 18.3 Å². The Bertz CT molecular complexity index is 371. The molecule has 1 aliphatic carbocycles. The molecule has 0 atom stereocenters. The molecule has 88 valence electrons. The monoisotopic (exact) mass is 222 g/mol. The van der Waals surface area contributed by atoms with Gasteiger partial charge in [0.05, 0.1) is 12.6 Å². The Morgan fingerprint density at radius 2 is 2.25 bits per heavy atom. The minimum absolute atomic E-state index is 0.00119. The minimum Gasteiger partial charge on any atom is -0.481 e. The van der Waals surface area contributed by atoms with Gasteiger partial charge < -0.3 is 15.8 Å². The van der Waals surface area contributed by atoms with Crippen LogP contribution in [0.3, 0.4) is 0 Å². The van der Waals surface area contributed by atoms with Gasteiger partial charge in [-0.15, -0.1) is 0 Å². The topological polar surface area (TPSA) is 73.1 Å². The van der Waals surface area contributed by atoms with Crippen LogP contribution in [0.2, 0.25) is 0 Å². The second-order valence-corrected chi connectivity index (χ2v) is 4.34. The minimum atomic E-state index is -0.00119. The average molecular weight is 222 g/mol. The van der Waals surface area contributed by atoms with Crippen LogP contribution in [0.5, 0.6) is 5.88 Å². The number of hydrogen-bond acceptors (Lipinski definition) is 5. The first kappa shape index (κ1) is 11.1. The van der Waals surface area contributed by atoms with Crippen LogP contribution in [0.15, 0.2) is 6.07 Å². The van der Waals surface area contributed by atoms with E-state index in [4.69, 9.17) is 10.5 Å². The summed E-state index contributed by atoms with van der Waals surface area (Å²) in [6.07, 6.45) is 3.39. The number of aromatic nitrogens is 2. The molecule has 0 bridgehead atoms. The summed E-state index contributed by atoms with van der Waals surface area (Å²) in [5.41, 5.74) is 6.66. The molecule has 1 aromatic rings. The largest absolute Gasteiger partial charge is 0.481 e. The van der Waals surface area contributed by atoms with E-state index in [1.807, 2.05) is 6.92 Å². The fourth-order valence-electron chi connectivity index (χ4n) is 1.92. The standard InChI is InChI=1S/C11H18N4O/c1-8-6-9(16-2)14-10(13-8)15-11(7-12)4-3-5-11/h6H,3-5,7,12H2,1-2H3,(H,13,14,15). The number of nitrogens with zero attached hydrogens (tertiary/aromatic N) is 2. The highest BCUT2D eigenvalue weighted by Crippen LogP contribution is 2.33. The van der Waals surface area contributed by atoms with Crippen molar-refractivity contribution in [3.05, 3.63) is 11.8 Å². The van der Waals surface area contributed by atoms with Crippen molar-refractivity contribution < 1.29 is 4.74 Å². The molecular formula is C11H18N4O. The van der Waals surface area contributed by atoms with E-state index < -0.39 is 0 Å². The summed E-state index contributed by atoms with van der Waals surface area (Å²) in [6, 6.07) is 1.81. The lowest BCUT2D eigenvalue weighted by Crippen LogP contribution is -2.51. The summed E-state index contributed by atoms with van der Waals surface area (Å²) in [7, 11) is 1.60. The van der Waals surface area contributed by atoms with E-state index in [0.717, 1.165) is 18.5 Å². The van der Waals surface area contributed by atoms with Crippen LogP contribution in [0.1, 0.15) is 25.0 Å². The van der Waals surface area contributed by atoms with Crippen molar-refractivity contribution in [1.82, 2.24) is 9.97 Å². The lowest BCUT2D eigenvalue weighted by atomic mass is 9.77. The van der Waals surface area contributed by atoms with Crippen molar-refractivity contribution >= 4 is 5.95 Å². The van der Waals surface area contributed by atoms with E-state index in [-0.39, 0.29) is 5.54 Å². The molecule has 0 radical (unpaired) electrons. The highest BCUT2D eigenvalue weighted by Gasteiger charge is 2.36. The molecular weight excluding hydrogens is 204 g/mol. The zero-order chi connectivity index (χ0) is 11.6. The summed E-state index contributed by atoms with van der Waals surface area (Å²) in [5, 5.41) is 3.33. The number of hydrogen-bond donors (Lipinski definition) is 2. The van der Waals surface area contributed by atoms with Crippen molar-refractivity contribution in [3.8, 4) is 5.88 Å². The molecule has 16 heavy (non-hydrogen) atoms. The van der Waals surface area contributed by atoms with Crippen LogP contribution < -0.4 is 15.8 Å². The molecule has 2 rings (SSSR count). The van der Waals surface area contributed by atoms with E-state index in [2.05, 4.69) is 15.3 Å². The van der Waals surface area contributed by atoms with Gasteiger partial charge in [0.15, 0.2) is 0 Å². The van der Waals surface area contributed by atoms with Crippen molar-refractivity contribution in [1.29, 1.82) is 0 Å². The van der Waals surface area contributed by atoms with Crippen molar-refractivity contribution in [2.24, 2.45) is 5.73 Å². The molecule has 1 fully saturated rings. The SMILES string of the molecule is COc1cc(C)nc(NC2(CN)CCC2)n1. The molecule has 1 saturated carbocycles. The zero-order valence-corrected chi connectivity index (χ0v) is 9.79. The van der Waals surface area contributed by atoms with Crippen molar-refractivity contribution in [3.63, 3.8) is 0 Å². The summed E-state index contributed by atoms with van der Waals surface area (Å²) < 4.78 is 5.11. The molecule has 1 aromatic heterocycles. The number of rotatable bonds is 4. The molecule has 0 spiro atoms. The Labute approximate surface area is 95.4 Å². The maximum absolute atomic E-state index is 5.78. The van der Waals surface area contributed by atoms with Gasteiger partial charge in [-0.3, -0.25) is 0 Å². The first-order valence-corrected chi connectivity index (χ1v) is 5.55. The molecule has 0 aromatic carbocycles. The van der Waals surface area contributed by atoms with Gasteiger partial charge in [-0.1, -0.05) is 0 Å². The number of nitrogens with one attached hydrogen (secondary N) is 1. The molecule has 0 amide bonds. The Balaban J connectivity index is 2.17. The average Bonchev–Trinajstić information content (AvgIpc) is 2.22. The van der Waals surface area contributed by atoms with Gasteiger partial charge in [0.25, 0.3) is 0 Å². The summed E-state index contributed by atoms with van der Waals surface area (Å²) in [4.78, 5) is 8.61. The lowest BCUT2D eigenvalue weighted by molar-refractivity contribution is 0.285. The third kappa shape index (κ3) is 2.09. The normalized spacial score (nSPS) is 17.7. The molecule has 3 N–H and O–H groups in total. The van der Waals surface area contributed by atoms with Gasteiger partial charge in [-0.2, -0.15) is 4.98 Å². The second kappa shape index (κ2) is 4.25. The Hall–Kier alpha value is -1.36. The fourth-order valence-corrected chi connectivity index (χ4v) is 1.92. The Morgan fingerprint density at radius 1 is 1.50 bits per heavy atom. The molecule has 5 heteroatoms. The molecule has 0 aliphatic heterocycles. The van der Waals surface area contributed by atoms with Crippen molar-refractivity contribution in [2.75, 3.05) is 19.0 Å². The summed E-state index contributed by atoms with van der Waals surface area (Å²) in [6.45, 7) is 2.54. The number of methoxy groups -OCH3 is 1. The van der Waals surface area contributed by atoms with E-state index in [1.165, 1.54) is 6.42 Å². The highest BCUT2D eigenvalue weighted by molar-refractivity contribution is 5.35. The molecule has 1 aliphatic rings. The zero-order valence-electron chi connectivity index (χ0n) is 9.79. The quantitative estimate of drug-likeness (QED) is 0.797. The van der Waals surface area contributed by atoms with Gasteiger partial charge >= 0.3 is 0 Å². The van der Waals surface area contributed by atoms with Gasteiger partial charge in [-0.25, -0.2) is 4.98 Å². The van der Waals surface area contributed by atoms with Crippen molar-refractivity contribution in [2.45, 2.75) is 31.7 Å². The third-order valence-corrected chi connectivity index (χ3v) is 3.12. The van der Waals surface area contributed by atoms with Crippen LogP contribution >= 0.6 is 0 Å². The smallest absolute Gasteiger partial charge is 0.226 e. The van der Waals surface area contributed by atoms with Crippen LogP contribution in [0.25, 0.3) is 0 Å². The number of aryl methyl sites for hydroxylation is 1. The summed E-state index contributed by atoms with van der Waals surface area (Å²) in [5.74, 6) is 1.20. The Kier molecular flexibility index (Phi) is 2.96. The van der Waals surface area contributed by atoms with E-state index in [1.54, 1.807) is 13.2 Å². The maximum Gasteiger partial charge on any atom is 0.226 e. The van der Waals surface area contributed by atoms with Crippen LogP contribution in [0, 0.1) is 6.92 Å². The number of ether oxygens (including phenoxy) is 1. The number of anilines is 1. The van der Waals surface area contributed by atoms with Crippen LogP contribution in [-0.4, -0.2) is 29.2 Å². The van der Waals surface area contributed by atoms with E-state index >= 15 is 0 Å². The fraction of sp³-hybridized carbons (Fsp3) is 0.636. The predicted molar refractivity (Wildman–Crippen MR) is 62.6 cm³/mol. The second-order valence-electron chi connectivity index (χ2n) is 4.34. The molecule has 0 unspecified atom stereocenters. The predicted octanol–water partition coefficient (Wildman–Crippen LogP) is 1.09. The molecule has 5 nitrogen and oxygen atoms in total. The first-order valence-electron chi connectivity index (χ1n) is 5.55.